The highest BCUT2D eigenvalue weighted by Gasteiger charge is 2.09. The molecule has 75 valence electrons. The first-order chi connectivity index (χ1) is 7.33. The van der Waals surface area contributed by atoms with Crippen molar-refractivity contribution in [2.24, 2.45) is 0 Å². The van der Waals surface area contributed by atoms with Gasteiger partial charge in [-0.1, -0.05) is 36.4 Å². The first-order valence-corrected chi connectivity index (χ1v) is 4.56. The molecular formula is C12H9O3. The number of carbonyl (C=O) groups is 1. The van der Waals surface area contributed by atoms with Gasteiger partial charge < -0.3 is 4.74 Å². The maximum Gasteiger partial charge on any atom is 0.340 e. The molecule has 0 heterocycles. The van der Waals surface area contributed by atoms with Crippen LogP contribution in [0.2, 0.25) is 0 Å². The zero-order valence-corrected chi connectivity index (χ0v) is 7.97. The van der Waals surface area contributed by atoms with Crippen molar-refractivity contribution in [2.45, 2.75) is 0 Å². The molecule has 0 saturated heterocycles. The van der Waals surface area contributed by atoms with Crippen molar-refractivity contribution in [3.63, 3.8) is 0 Å². The van der Waals surface area contributed by atoms with Crippen LogP contribution in [0.4, 0.5) is 0 Å². The van der Waals surface area contributed by atoms with E-state index in [2.05, 4.69) is 4.74 Å². The van der Waals surface area contributed by atoms with Gasteiger partial charge in [0.1, 0.15) is 0 Å². The Hall–Kier alpha value is -1.87. The Labute approximate surface area is 86.9 Å². The van der Waals surface area contributed by atoms with Crippen LogP contribution in [-0.2, 0) is 9.84 Å². The summed E-state index contributed by atoms with van der Waals surface area (Å²) in [6.45, 7) is -0.845. The van der Waals surface area contributed by atoms with E-state index in [1.807, 2.05) is 30.3 Å². The van der Waals surface area contributed by atoms with Crippen molar-refractivity contribution >= 4 is 16.7 Å². The average molecular weight is 201 g/mol. The lowest BCUT2D eigenvalue weighted by atomic mass is 10.1. The normalized spacial score (nSPS) is 10.2. The lowest BCUT2D eigenvalue weighted by molar-refractivity contribution is -0.0214. The fraction of sp³-hybridized carbons (Fsp3) is 0.0833. The van der Waals surface area contributed by atoms with Gasteiger partial charge in [0, 0.05) is 0 Å². The number of fused-ring (bicyclic) bond motifs is 1. The lowest BCUT2D eigenvalue weighted by Gasteiger charge is -2.04. The molecule has 0 bridgehead atoms. The first kappa shape index (κ1) is 9.68. The second kappa shape index (κ2) is 4.11. The molecule has 0 atom stereocenters. The highest BCUT2D eigenvalue weighted by atomic mass is 16.6. The van der Waals surface area contributed by atoms with E-state index in [-0.39, 0.29) is 0 Å². The number of ether oxygens (including phenoxy) is 1. The number of carbonyl (C=O) groups excluding carboxylic acids is 1. The summed E-state index contributed by atoms with van der Waals surface area (Å²) >= 11 is 0. The Morgan fingerprint density at radius 3 is 2.60 bits per heavy atom. The minimum Gasteiger partial charge on any atom is -0.432 e. The van der Waals surface area contributed by atoms with Crippen LogP contribution in [0.15, 0.2) is 42.5 Å². The van der Waals surface area contributed by atoms with Crippen LogP contribution in [0, 0.1) is 0 Å². The standard InChI is InChI=1S/C12H9O3/c13-8-15-12(14)11-7-3-5-9-4-1-2-6-10(9)11/h1-7H,8H2. The van der Waals surface area contributed by atoms with Crippen LogP contribution in [0.5, 0.6) is 0 Å². The molecular weight excluding hydrogens is 192 g/mol. The summed E-state index contributed by atoms with van der Waals surface area (Å²) in [6.07, 6.45) is 0. The van der Waals surface area contributed by atoms with E-state index in [9.17, 15) is 9.90 Å². The number of esters is 1. The topological polar surface area (TPSA) is 46.2 Å². The number of rotatable bonds is 2. The monoisotopic (exact) mass is 201 g/mol. The fourth-order valence-electron chi connectivity index (χ4n) is 1.53. The summed E-state index contributed by atoms with van der Waals surface area (Å²) in [6, 6.07) is 12.8. The van der Waals surface area contributed by atoms with E-state index < -0.39 is 12.8 Å². The Balaban J connectivity index is 2.56. The maximum absolute atomic E-state index is 11.4. The number of hydrogen-bond donors (Lipinski definition) is 0. The van der Waals surface area contributed by atoms with E-state index in [0.29, 0.717) is 5.56 Å². The summed E-state index contributed by atoms with van der Waals surface area (Å²) in [5.41, 5.74) is 0.434. The molecule has 15 heavy (non-hydrogen) atoms. The molecule has 0 spiro atoms. The van der Waals surface area contributed by atoms with Gasteiger partial charge in [-0.15, -0.1) is 0 Å². The van der Waals surface area contributed by atoms with Gasteiger partial charge in [0.15, 0.2) is 0 Å². The van der Waals surface area contributed by atoms with Gasteiger partial charge in [-0.2, -0.15) is 5.11 Å². The minimum atomic E-state index is -0.845. The quantitative estimate of drug-likeness (QED) is 0.553. The molecule has 0 aliphatic rings. The molecule has 0 aliphatic heterocycles. The summed E-state index contributed by atoms with van der Waals surface area (Å²) < 4.78 is 4.44. The third-order valence-corrected chi connectivity index (χ3v) is 2.20. The van der Waals surface area contributed by atoms with Gasteiger partial charge in [-0.3, -0.25) is 0 Å². The zero-order chi connectivity index (χ0) is 10.7. The first-order valence-electron chi connectivity index (χ1n) is 4.56. The highest BCUT2D eigenvalue weighted by Crippen LogP contribution is 2.18. The highest BCUT2D eigenvalue weighted by molar-refractivity contribution is 6.04. The Bertz CT molecular complexity index is 486. The molecule has 0 amide bonds. The van der Waals surface area contributed by atoms with Crippen LogP contribution in [-0.4, -0.2) is 12.8 Å². The Morgan fingerprint density at radius 2 is 1.80 bits per heavy atom. The van der Waals surface area contributed by atoms with Crippen molar-refractivity contribution in [1.29, 1.82) is 0 Å². The maximum atomic E-state index is 11.4. The summed E-state index contributed by atoms with van der Waals surface area (Å²) in [5.74, 6) is -0.568. The zero-order valence-electron chi connectivity index (χ0n) is 7.97. The smallest absolute Gasteiger partial charge is 0.340 e. The van der Waals surface area contributed by atoms with Gasteiger partial charge in [-0.25, -0.2) is 4.79 Å². The van der Waals surface area contributed by atoms with Crippen molar-refractivity contribution in [3.05, 3.63) is 48.0 Å². The molecule has 0 aromatic heterocycles. The summed E-state index contributed by atoms with van der Waals surface area (Å²) in [5, 5.41) is 12.0. The molecule has 2 aromatic rings. The van der Waals surface area contributed by atoms with Crippen molar-refractivity contribution < 1.29 is 14.6 Å². The predicted octanol–water partition coefficient (Wildman–Crippen LogP) is 2.38. The van der Waals surface area contributed by atoms with E-state index >= 15 is 0 Å². The molecule has 0 fully saturated rings. The molecule has 3 nitrogen and oxygen atoms in total. The van der Waals surface area contributed by atoms with Gasteiger partial charge >= 0.3 is 5.97 Å². The minimum absolute atomic E-state index is 0.434. The summed E-state index contributed by atoms with van der Waals surface area (Å²) in [4.78, 5) is 11.4. The Morgan fingerprint density at radius 1 is 1.07 bits per heavy atom. The third-order valence-electron chi connectivity index (χ3n) is 2.20. The van der Waals surface area contributed by atoms with Crippen LogP contribution < -0.4 is 0 Å². The van der Waals surface area contributed by atoms with E-state index in [4.69, 9.17) is 0 Å². The van der Waals surface area contributed by atoms with Crippen molar-refractivity contribution in [2.75, 3.05) is 6.79 Å². The lowest BCUT2D eigenvalue weighted by Crippen LogP contribution is -2.05. The van der Waals surface area contributed by atoms with E-state index in [1.54, 1.807) is 12.1 Å². The molecule has 3 heteroatoms. The molecule has 1 radical (unpaired) electrons. The fourth-order valence-corrected chi connectivity index (χ4v) is 1.53. The van der Waals surface area contributed by atoms with Crippen molar-refractivity contribution in [3.8, 4) is 0 Å². The molecule has 2 rings (SSSR count). The molecule has 0 saturated carbocycles. The van der Waals surface area contributed by atoms with E-state index in [0.717, 1.165) is 10.8 Å². The van der Waals surface area contributed by atoms with E-state index in [1.165, 1.54) is 0 Å². The number of benzene rings is 2. The molecule has 2 aromatic carbocycles. The average Bonchev–Trinajstić information content (AvgIpc) is 2.28. The van der Waals surface area contributed by atoms with Crippen LogP contribution in [0.3, 0.4) is 0 Å². The molecule has 0 unspecified atom stereocenters. The second-order valence-corrected chi connectivity index (χ2v) is 3.08. The van der Waals surface area contributed by atoms with Gasteiger partial charge in [0.25, 0.3) is 0 Å². The summed E-state index contributed by atoms with van der Waals surface area (Å²) in [7, 11) is 0. The number of hydrogen-bond acceptors (Lipinski definition) is 2. The van der Waals surface area contributed by atoms with Gasteiger partial charge in [-0.05, 0) is 16.8 Å². The van der Waals surface area contributed by atoms with Crippen molar-refractivity contribution in [1.82, 2.24) is 0 Å². The van der Waals surface area contributed by atoms with Gasteiger partial charge in [0.2, 0.25) is 6.79 Å². The molecule has 0 N–H and O–H groups in total. The largest absolute Gasteiger partial charge is 0.432 e. The van der Waals surface area contributed by atoms with Crippen LogP contribution >= 0.6 is 0 Å². The predicted molar refractivity (Wildman–Crippen MR) is 54.9 cm³/mol. The third kappa shape index (κ3) is 1.82. The Kier molecular flexibility index (Phi) is 2.65. The second-order valence-electron chi connectivity index (χ2n) is 3.08. The van der Waals surface area contributed by atoms with Gasteiger partial charge in [0.05, 0.1) is 5.56 Å². The van der Waals surface area contributed by atoms with Crippen LogP contribution in [0.25, 0.3) is 10.8 Å². The SMILES string of the molecule is [O]COC(=O)c1cccc2ccccc12. The molecule has 0 aliphatic carbocycles. The van der Waals surface area contributed by atoms with Crippen LogP contribution in [0.1, 0.15) is 10.4 Å².